The molecule has 0 saturated heterocycles. The summed E-state index contributed by atoms with van der Waals surface area (Å²) in [6.45, 7) is 0. The second-order valence-corrected chi connectivity index (χ2v) is 6.41. The van der Waals surface area contributed by atoms with Crippen molar-refractivity contribution in [2.75, 3.05) is 0 Å². The Hall–Kier alpha value is -0.760. The molecule has 3 rings (SSSR count). The second-order valence-electron chi connectivity index (χ2n) is 4.13. The van der Waals surface area contributed by atoms with Crippen molar-refractivity contribution in [3.63, 3.8) is 0 Å². The van der Waals surface area contributed by atoms with E-state index >= 15 is 0 Å². The Labute approximate surface area is 123 Å². The van der Waals surface area contributed by atoms with Gasteiger partial charge in [0.15, 0.2) is 5.82 Å². The molecular weight excluding hydrogens is 346 g/mol. The maximum atomic E-state index is 13.4. The number of ether oxygens (including phenoxy) is 1. The van der Waals surface area contributed by atoms with Gasteiger partial charge in [-0.25, -0.2) is 9.72 Å². The molecule has 0 radical (unpaired) electrons. The Bertz CT molecular complexity index is 659. The highest BCUT2D eigenvalue weighted by Gasteiger charge is 2.57. The van der Waals surface area contributed by atoms with Gasteiger partial charge in [-0.15, -0.1) is 0 Å². The summed E-state index contributed by atoms with van der Waals surface area (Å²) in [7, 11) is 0. The van der Waals surface area contributed by atoms with Crippen molar-refractivity contribution in [2.24, 2.45) is 0 Å². The standard InChI is InChI=1S/C10H3Cl3F4N2O/c11-8(12,13)7-18-5-1-3-4(2-6(5)19-7)10(16,17)20-9(3,14)15/h1-2H,(H,18,19). The molecule has 0 aliphatic carbocycles. The highest BCUT2D eigenvalue weighted by molar-refractivity contribution is 6.66. The zero-order chi connectivity index (χ0) is 14.9. The average molecular weight is 349 g/mol. The maximum Gasteiger partial charge on any atom is 0.388 e. The Kier molecular flexibility index (Phi) is 2.77. The molecule has 0 atom stereocenters. The van der Waals surface area contributed by atoms with Crippen LogP contribution in [0.15, 0.2) is 12.1 Å². The van der Waals surface area contributed by atoms with Crippen molar-refractivity contribution in [1.29, 1.82) is 0 Å². The number of hydrogen-bond acceptors (Lipinski definition) is 2. The third-order valence-electron chi connectivity index (χ3n) is 2.77. The molecule has 2 aromatic rings. The van der Waals surface area contributed by atoms with Crippen LogP contribution in [0.1, 0.15) is 17.0 Å². The first kappa shape index (κ1) is 14.2. The predicted molar refractivity (Wildman–Crippen MR) is 64.2 cm³/mol. The van der Waals surface area contributed by atoms with Crippen molar-refractivity contribution >= 4 is 45.8 Å². The predicted octanol–water partition coefficient (Wildman–Crippen LogP) is 4.52. The number of alkyl halides is 7. The van der Waals surface area contributed by atoms with E-state index in [4.69, 9.17) is 34.8 Å². The van der Waals surface area contributed by atoms with Crippen LogP contribution < -0.4 is 0 Å². The van der Waals surface area contributed by atoms with Gasteiger partial charge in [0.25, 0.3) is 0 Å². The fraction of sp³-hybridized carbons (Fsp3) is 0.300. The van der Waals surface area contributed by atoms with E-state index in [2.05, 4.69) is 14.7 Å². The summed E-state index contributed by atoms with van der Waals surface area (Å²) in [6.07, 6.45) is -8.20. The summed E-state index contributed by atoms with van der Waals surface area (Å²) in [5.74, 6) is -0.159. The number of aromatic amines is 1. The lowest BCUT2D eigenvalue weighted by Gasteiger charge is -2.10. The van der Waals surface area contributed by atoms with Gasteiger partial charge in [-0.3, -0.25) is 0 Å². The van der Waals surface area contributed by atoms with Crippen molar-refractivity contribution in [3.05, 3.63) is 29.1 Å². The first-order valence-electron chi connectivity index (χ1n) is 5.08. The summed E-state index contributed by atoms with van der Waals surface area (Å²) < 4.78 is 55.1. The largest absolute Gasteiger partial charge is 0.388 e. The van der Waals surface area contributed by atoms with E-state index < -0.39 is 27.1 Å². The molecule has 1 N–H and O–H groups in total. The smallest absolute Gasteiger partial charge is 0.338 e. The number of imidazole rings is 1. The SMILES string of the molecule is FC1(F)OC(F)(F)c2cc3[nH]c(C(Cl)(Cl)Cl)nc3cc21. The van der Waals surface area contributed by atoms with Crippen molar-refractivity contribution in [3.8, 4) is 0 Å². The number of nitrogens with zero attached hydrogens (tertiary/aromatic N) is 1. The van der Waals surface area contributed by atoms with Crippen molar-refractivity contribution in [1.82, 2.24) is 9.97 Å². The van der Waals surface area contributed by atoms with Crippen LogP contribution in [0.4, 0.5) is 17.6 Å². The molecule has 1 aliphatic rings. The number of rotatable bonds is 0. The molecule has 0 amide bonds. The molecule has 0 bridgehead atoms. The van der Waals surface area contributed by atoms with Crippen LogP contribution in [0.25, 0.3) is 11.0 Å². The normalized spacial score (nSPS) is 20.4. The highest BCUT2D eigenvalue weighted by Crippen LogP contribution is 2.51. The minimum absolute atomic E-state index is 0.0334. The van der Waals surface area contributed by atoms with Crippen LogP contribution in [0, 0.1) is 0 Å². The van der Waals surface area contributed by atoms with Gasteiger partial charge in [-0.05, 0) is 12.1 Å². The highest BCUT2D eigenvalue weighted by atomic mass is 35.6. The van der Waals surface area contributed by atoms with Crippen LogP contribution >= 0.6 is 34.8 Å². The van der Waals surface area contributed by atoms with Crippen LogP contribution in [-0.2, 0) is 20.7 Å². The monoisotopic (exact) mass is 348 g/mol. The Morgan fingerprint density at radius 3 is 2.15 bits per heavy atom. The van der Waals surface area contributed by atoms with Gasteiger partial charge in [-0.1, -0.05) is 34.8 Å². The first-order valence-corrected chi connectivity index (χ1v) is 6.22. The van der Waals surface area contributed by atoms with Gasteiger partial charge in [0, 0.05) is 0 Å². The molecular formula is C10H3Cl3F4N2O. The molecule has 0 fully saturated rings. The summed E-state index contributed by atoms with van der Waals surface area (Å²) in [6, 6.07) is 1.58. The van der Waals surface area contributed by atoms with Gasteiger partial charge >= 0.3 is 12.2 Å². The third kappa shape index (κ3) is 2.04. The molecule has 108 valence electrons. The second kappa shape index (κ2) is 3.91. The zero-order valence-electron chi connectivity index (χ0n) is 9.16. The van der Waals surface area contributed by atoms with Gasteiger partial charge < -0.3 is 4.98 Å². The van der Waals surface area contributed by atoms with Crippen molar-refractivity contribution < 1.29 is 22.3 Å². The van der Waals surface area contributed by atoms with E-state index in [1.54, 1.807) is 0 Å². The number of halogens is 7. The van der Waals surface area contributed by atoms with Gasteiger partial charge in [0.05, 0.1) is 22.2 Å². The minimum Gasteiger partial charge on any atom is -0.338 e. The van der Waals surface area contributed by atoms with Crippen LogP contribution in [-0.4, -0.2) is 9.97 Å². The topological polar surface area (TPSA) is 37.9 Å². The Balaban J connectivity index is 2.27. The van der Waals surface area contributed by atoms with Crippen LogP contribution in [0.5, 0.6) is 0 Å². The first-order chi connectivity index (χ1) is 9.01. The Morgan fingerprint density at radius 1 is 1.05 bits per heavy atom. The molecule has 1 aliphatic heterocycles. The van der Waals surface area contributed by atoms with E-state index in [9.17, 15) is 17.6 Å². The molecule has 0 unspecified atom stereocenters. The fourth-order valence-electron chi connectivity index (χ4n) is 1.94. The summed E-state index contributed by atoms with van der Waals surface area (Å²) in [4.78, 5) is 6.28. The van der Waals surface area contributed by atoms with Crippen LogP contribution in [0.3, 0.4) is 0 Å². The summed E-state index contributed by atoms with van der Waals surface area (Å²) >= 11 is 16.8. The number of H-pyrrole nitrogens is 1. The van der Waals surface area contributed by atoms with E-state index in [1.165, 1.54) is 0 Å². The molecule has 2 heterocycles. The molecule has 1 aromatic heterocycles. The van der Waals surface area contributed by atoms with E-state index in [0.29, 0.717) is 0 Å². The minimum atomic E-state index is -4.11. The lowest BCUT2D eigenvalue weighted by atomic mass is 10.1. The molecule has 20 heavy (non-hydrogen) atoms. The van der Waals surface area contributed by atoms with Gasteiger partial charge in [0.2, 0.25) is 3.79 Å². The number of aromatic nitrogens is 2. The molecule has 0 spiro atoms. The molecule has 1 aromatic carbocycles. The average Bonchev–Trinajstić information content (AvgIpc) is 2.74. The Morgan fingerprint density at radius 2 is 1.60 bits per heavy atom. The zero-order valence-corrected chi connectivity index (χ0v) is 11.4. The maximum absolute atomic E-state index is 13.4. The summed E-state index contributed by atoms with van der Waals surface area (Å²) in [5, 5.41) is 0. The third-order valence-corrected chi connectivity index (χ3v) is 3.31. The van der Waals surface area contributed by atoms with Gasteiger partial charge in [-0.2, -0.15) is 17.6 Å². The molecule has 0 saturated carbocycles. The fourth-order valence-corrected chi connectivity index (χ4v) is 2.21. The molecule has 3 nitrogen and oxygen atoms in total. The van der Waals surface area contributed by atoms with Crippen molar-refractivity contribution in [2.45, 2.75) is 16.0 Å². The number of nitrogens with one attached hydrogen (secondary N) is 1. The van der Waals surface area contributed by atoms with E-state index in [1.807, 2.05) is 0 Å². The van der Waals surface area contributed by atoms with E-state index in [-0.39, 0.29) is 16.9 Å². The number of fused-ring (bicyclic) bond motifs is 2. The molecule has 10 heteroatoms. The summed E-state index contributed by atoms with van der Waals surface area (Å²) in [5.41, 5.74) is -1.91. The lowest BCUT2D eigenvalue weighted by molar-refractivity contribution is -0.369. The van der Waals surface area contributed by atoms with E-state index in [0.717, 1.165) is 12.1 Å². The van der Waals surface area contributed by atoms with Crippen LogP contribution in [0.2, 0.25) is 0 Å². The lowest BCUT2D eigenvalue weighted by Crippen LogP contribution is -2.17. The quantitative estimate of drug-likeness (QED) is 0.561. The number of benzene rings is 1. The number of hydrogen-bond donors (Lipinski definition) is 1. The van der Waals surface area contributed by atoms with Gasteiger partial charge in [0.1, 0.15) is 0 Å².